The van der Waals surface area contributed by atoms with Gasteiger partial charge in [-0.05, 0) is 38.1 Å². The lowest BCUT2D eigenvalue weighted by Crippen LogP contribution is -2.32. The molecule has 0 radical (unpaired) electrons. The van der Waals surface area contributed by atoms with Crippen LogP contribution in [0.25, 0.3) is 0 Å². The zero-order chi connectivity index (χ0) is 18.4. The summed E-state index contributed by atoms with van der Waals surface area (Å²) in [5, 5.41) is 5.28. The van der Waals surface area contributed by atoms with Crippen LogP contribution in [0.15, 0.2) is 48.5 Å². The highest BCUT2D eigenvalue weighted by Gasteiger charge is 2.33. The summed E-state index contributed by atoms with van der Waals surface area (Å²) in [6.07, 6.45) is -4.54. The van der Waals surface area contributed by atoms with Gasteiger partial charge in [0.1, 0.15) is 11.8 Å². The molecule has 4 nitrogen and oxygen atoms in total. The Morgan fingerprint density at radius 1 is 1.08 bits per heavy atom. The highest BCUT2D eigenvalue weighted by atomic mass is 19.4. The van der Waals surface area contributed by atoms with Crippen LogP contribution in [-0.2, 0) is 11.0 Å². The van der Waals surface area contributed by atoms with Gasteiger partial charge < -0.3 is 15.4 Å². The standard InChI is InChI=1S/C18H19F3N2O2/c1-3-25-16-11-7-6-10-15(16)22-12(2)17(24)23-14-9-5-4-8-13(14)18(19,20)21/h4-12,22H,3H2,1-2H3,(H,23,24)/t12-/m0/s1. The summed E-state index contributed by atoms with van der Waals surface area (Å²) in [5.41, 5.74) is -0.562. The molecule has 0 saturated heterocycles. The van der Waals surface area contributed by atoms with E-state index in [0.29, 0.717) is 18.0 Å². The van der Waals surface area contributed by atoms with E-state index in [1.807, 2.05) is 6.92 Å². The van der Waals surface area contributed by atoms with Gasteiger partial charge in [0.25, 0.3) is 0 Å². The number of rotatable bonds is 6. The van der Waals surface area contributed by atoms with Crippen LogP contribution in [0, 0.1) is 0 Å². The molecule has 0 unspecified atom stereocenters. The van der Waals surface area contributed by atoms with Crippen molar-refractivity contribution in [1.29, 1.82) is 0 Å². The van der Waals surface area contributed by atoms with E-state index in [1.54, 1.807) is 31.2 Å². The number of ether oxygens (including phenoxy) is 1. The molecule has 0 fully saturated rings. The van der Waals surface area contributed by atoms with Gasteiger partial charge in [-0.15, -0.1) is 0 Å². The molecule has 1 atom stereocenters. The average Bonchev–Trinajstić information content (AvgIpc) is 2.56. The molecule has 2 N–H and O–H groups in total. The first-order chi connectivity index (χ1) is 11.8. The van der Waals surface area contributed by atoms with E-state index in [-0.39, 0.29) is 5.69 Å². The number of benzene rings is 2. The van der Waals surface area contributed by atoms with E-state index in [1.165, 1.54) is 18.2 Å². The minimum absolute atomic E-state index is 0.272. The number of nitrogens with one attached hydrogen (secondary N) is 2. The molecule has 134 valence electrons. The molecule has 1 amide bonds. The van der Waals surface area contributed by atoms with Gasteiger partial charge >= 0.3 is 6.18 Å². The van der Waals surface area contributed by atoms with Crippen molar-refractivity contribution in [1.82, 2.24) is 0 Å². The number of anilines is 2. The van der Waals surface area contributed by atoms with Crippen LogP contribution < -0.4 is 15.4 Å². The lowest BCUT2D eigenvalue weighted by molar-refractivity contribution is -0.137. The maximum Gasteiger partial charge on any atom is 0.418 e. The molecule has 0 aliphatic rings. The molecule has 2 aromatic rings. The van der Waals surface area contributed by atoms with Gasteiger partial charge in [-0.1, -0.05) is 24.3 Å². The number of hydrogen-bond donors (Lipinski definition) is 2. The third-order valence-electron chi connectivity index (χ3n) is 3.44. The van der Waals surface area contributed by atoms with E-state index in [0.717, 1.165) is 6.07 Å². The number of carbonyl (C=O) groups excluding carboxylic acids is 1. The second-order valence-electron chi connectivity index (χ2n) is 5.33. The highest BCUT2D eigenvalue weighted by Crippen LogP contribution is 2.34. The van der Waals surface area contributed by atoms with Crippen LogP contribution >= 0.6 is 0 Å². The number of alkyl halides is 3. The van der Waals surface area contributed by atoms with E-state index < -0.39 is 23.7 Å². The van der Waals surface area contributed by atoms with Crippen molar-refractivity contribution >= 4 is 17.3 Å². The molecule has 2 aromatic carbocycles. The van der Waals surface area contributed by atoms with Crippen molar-refractivity contribution in [3.8, 4) is 5.75 Å². The number of carbonyl (C=O) groups is 1. The summed E-state index contributed by atoms with van der Waals surface area (Å²) in [4.78, 5) is 12.3. The van der Waals surface area contributed by atoms with Gasteiger partial charge in [-0.3, -0.25) is 4.79 Å². The van der Waals surface area contributed by atoms with E-state index >= 15 is 0 Å². The monoisotopic (exact) mass is 352 g/mol. The fourth-order valence-corrected chi connectivity index (χ4v) is 2.25. The van der Waals surface area contributed by atoms with Crippen molar-refractivity contribution in [2.75, 3.05) is 17.2 Å². The van der Waals surface area contributed by atoms with Crippen LogP contribution in [0.3, 0.4) is 0 Å². The Balaban J connectivity index is 2.12. The van der Waals surface area contributed by atoms with Gasteiger partial charge in [-0.25, -0.2) is 0 Å². The Morgan fingerprint density at radius 2 is 1.68 bits per heavy atom. The van der Waals surface area contributed by atoms with Gasteiger partial charge in [0.15, 0.2) is 0 Å². The van der Waals surface area contributed by atoms with Crippen LogP contribution in [0.5, 0.6) is 5.75 Å². The highest BCUT2D eigenvalue weighted by molar-refractivity contribution is 5.97. The smallest absolute Gasteiger partial charge is 0.418 e. The summed E-state index contributed by atoms with van der Waals surface area (Å²) >= 11 is 0. The largest absolute Gasteiger partial charge is 0.492 e. The predicted molar refractivity (Wildman–Crippen MR) is 90.8 cm³/mol. The average molecular weight is 352 g/mol. The zero-order valence-electron chi connectivity index (χ0n) is 13.9. The van der Waals surface area contributed by atoms with Gasteiger partial charge in [0.2, 0.25) is 5.91 Å². The number of hydrogen-bond acceptors (Lipinski definition) is 3. The minimum atomic E-state index is -4.54. The Bertz CT molecular complexity index is 732. The van der Waals surface area contributed by atoms with Crippen molar-refractivity contribution in [3.63, 3.8) is 0 Å². The van der Waals surface area contributed by atoms with Crippen LogP contribution in [0.1, 0.15) is 19.4 Å². The third-order valence-corrected chi connectivity index (χ3v) is 3.44. The Morgan fingerprint density at radius 3 is 2.32 bits per heavy atom. The molecular weight excluding hydrogens is 333 g/mol. The summed E-state index contributed by atoms with van der Waals surface area (Å²) < 4.78 is 44.5. The molecule has 0 spiro atoms. The first-order valence-corrected chi connectivity index (χ1v) is 7.78. The number of halogens is 3. The van der Waals surface area contributed by atoms with Crippen molar-refractivity contribution < 1.29 is 22.7 Å². The predicted octanol–water partition coefficient (Wildman–Crippen LogP) is 4.54. The SMILES string of the molecule is CCOc1ccccc1N[C@@H](C)C(=O)Nc1ccccc1C(F)(F)F. The Labute approximate surface area is 144 Å². The molecule has 2 rings (SSSR count). The van der Waals surface area contributed by atoms with Crippen molar-refractivity contribution in [2.45, 2.75) is 26.1 Å². The van der Waals surface area contributed by atoms with Crippen LogP contribution in [0.4, 0.5) is 24.5 Å². The van der Waals surface area contributed by atoms with E-state index in [9.17, 15) is 18.0 Å². The summed E-state index contributed by atoms with van der Waals surface area (Å²) in [6.45, 7) is 3.85. The Kier molecular flexibility index (Phi) is 5.90. The second-order valence-corrected chi connectivity index (χ2v) is 5.33. The second kappa shape index (κ2) is 7.92. The quantitative estimate of drug-likeness (QED) is 0.802. The lowest BCUT2D eigenvalue weighted by Gasteiger charge is -2.19. The van der Waals surface area contributed by atoms with Gasteiger partial charge in [0.05, 0.1) is 23.5 Å². The maximum atomic E-state index is 13.0. The normalized spacial score (nSPS) is 12.4. The van der Waals surface area contributed by atoms with E-state index in [2.05, 4.69) is 10.6 Å². The fraction of sp³-hybridized carbons (Fsp3) is 0.278. The summed E-state index contributed by atoms with van der Waals surface area (Å²) in [7, 11) is 0. The first kappa shape index (κ1) is 18.6. The molecule has 0 aliphatic heterocycles. The van der Waals surface area contributed by atoms with Gasteiger partial charge in [-0.2, -0.15) is 13.2 Å². The topological polar surface area (TPSA) is 50.4 Å². The molecule has 0 heterocycles. The summed E-state index contributed by atoms with van der Waals surface area (Å²) in [6, 6.07) is 11.1. The first-order valence-electron chi connectivity index (χ1n) is 7.78. The lowest BCUT2D eigenvalue weighted by atomic mass is 10.1. The van der Waals surface area contributed by atoms with Crippen molar-refractivity contribution in [3.05, 3.63) is 54.1 Å². The fourth-order valence-electron chi connectivity index (χ4n) is 2.25. The summed E-state index contributed by atoms with van der Waals surface area (Å²) in [5.74, 6) is -0.0108. The molecule has 0 aliphatic carbocycles. The van der Waals surface area contributed by atoms with Crippen LogP contribution in [-0.4, -0.2) is 18.6 Å². The number of para-hydroxylation sites is 3. The minimum Gasteiger partial charge on any atom is -0.492 e. The van der Waals surface area contributed by atoms with Gasteiger partial charge in [0, 0.05) is 0 Å². The van der Waals surface area contributed by atoms with E-state index in [4.69, 9.17) is 4.74 Å². The molecule has 25 heavy (non-hydrogen) atoms. The molecule has 7 heteroatoms. The Hall–Kier alpha value is -2.70. The molecule has 0 aromatic heterocycles. The molecular formula is C18H19F3N2O2. The maximum absolute atomic E-state index is 13.0. The van der Waals surface area contributed by atoms with Crippen molar-refractivity contribution in [2.24, 2.45) is 0 Å². The molecule has 0 bridgehead atoms. The molecule has 0 saturated carbocycles. The zero-order valence-corrected chi connectivity index (χ0v) is 13.9. The third kappa shape index (κ3) is 4.89. The van der Waals surface area contributed by atoms with Crippen LogP contribution in [0.2, 0.25) is 0 Å². The number of amides is 1.